The van der Waals surface area contributed by atoms with Crippen molar-refractivity contribution in [3.05, 3.63) is 83.9 Å². The first-order valence-electron chi connectivity index (χ1n) is 10.5. The van der Waals surface area contributed by atoms with Gasteiger partial charge >= 0.3 is 0 Å². The molecule has 0 radical (unpaired) electrons. The van der Waals surface area contributed by atoms with Crippen LogP contribution in [0, 0.1) is 0 Å². The maximum absolute atomic E-state index is 13.0. The van der Waals surface area contributed by atoms with Gasteiger partial charge in [0.2, 0.25) is 0 Å². The number of piperidine rings is 1. The van der Waals surface area contributed by atoms with Gasteiger partial charge in [-0.05, 0) is 47.9 Å². The zero-order valence-corrected chi connectivity index (χ0v) is 16.5. The molecule has 0 aliphatic carbocycles. The van der Waals surface area contributed by atoms with Crippen LogP contribution in [0.4, 0.5) is 0 Å². The van der Waals surface area contributed by atoms with Crippen molar-refractivity contribution in [2.75, 3.05) is 13.2 Å². The summed E-state index contributed by atoms with van der Waals surface area (Å²) in [5, 5.41) is 5.39. The molecule has 0 bridgehead atoms. The van der Waals surface area contributed by atoms with Crippen molar-refractivity contribution < 1.29 is 9.53 Å². The monoisotopic (exact) mass is 386 g/mol. The SMILES string of the molecule is O=C(N[C@@H]1OC[C@@H](c2ccccc2)N2CCCC[C@@H]12)c1ccc2ccccc2c1. The Labute approximate surface area is 171 Å². The number of carbonyl (C=O) groups excluding carboxylic acids is 1. The third-order valence-electron chi connectivity index (χ3n) is 6.24. The Morgan fingerprint density at radius 3 is 2.59 bits per heavy atom. The molecule has 2 heterocycles. The topological polar surface area (TPSA) is 41.6 Å². The third-order valence-corrected chi connectivity index (χ3v) is 6.24. The Kier molecular flexibility index (Phi) is 5.04. The molecule has 148 valence electrons. The first kappa shape index (κ1) is 18.3. The Bertz CT molecular complexity index is 1000. The van der Waals surface area contributed by atoms with Crippen LogP contribution < -0.4 is 5.32 Å². The molecule has 4 nitrogen and oxygen atoms in total. The zero-order valence-electron chi connectivity index (χ0n) is 16.5. The number of amides is 1. The largest absolute Gasteiger partial charge is 0.355 e. The second-order valence-corrected chi connectivity index (χ2v) is 8.02. The molecule has 2 fully saturated rings. The summed E-state index contributed by atoms with van der Waals surface area (Å²) in [6, 6.07) is 25.0. The predicted molar refractivity (Wildman–Crippen MR) is 115 cm³/mol. The van der Waals surface area contributed by atoms with Gasteiger partial charge in [0.15, 0.2) is 0 Å². The molecule has 2 aliphatic heterocycles. The smallest absolute Gasteiger partial charge is 0.253 e. The van der Waals surface area contributed by atoms with E-state index < -0.39 is 0 Å². The molecule has 0 aromatic heterocycles. The second-order valence-electron chi connectivity index (χ2n) is 8.02. The number of ether oxygens (including phenoxy) is 1. The van der Waals surface area contributed by atoms with Gasteiger partial charge in [0.05, 0.1) is 18.7 Å². The van der Waals surface area contributed by atoms with Crippen molar-refractivity contribution in [1.82, 2.24) is 10.2 Å². The second kappa shape index (κ2) is 7.97. The van der Waals surface area contributed by atoms with Crippen LogP contribution in [0.1, 0.15) is 41.2 Å². The summed E-state index contributed by atoms with van der Waals surface area (Å²) in [5.41, 5.74) is 1.97. The van der Waals surface area contributed by atoms with E-state index in [1.807, 2.05) is 42.5 Å². The van der Waals surface area contributed by atoms with Crippen molar-refractivity contribution in [1.29, 1.82) is 0 Å². The lowest BCUT2D eigenvalue weighted by Gasteiger charge is -2.48. The average molecular weight is 386 g/mol. The molecule has 1 amide bonds. The highest BCUT2D eigenvalue weighted by Gasteiger charge is 2.40. The number of nitrogens with zero attached hydrogens (tertiary/aromatic N) is 1. The van der Waals surface area contributed by atoms with Crippen LogP contribution in [0.25, 0.3) is 10.8 Å². The van der Waals surface area contributed by atoms with E-state index >= 15 is 0 Å². The summed E-state index contributed by atoms with van der Waals surface area (Å²) in [5.74, 6) is -0.0653. The van der Waals surface area contributed by atoms with Gasteiger partial charge < -0.3 is 10.1 Å². The predicted octanol–water partition coefficient (Wildman–Crippen LogP) is 4.52. The van der Waals surface area contributed by atoms with Gasteiger partial charge in [-0.2, -0.15) is 0 Å². The van der Waals surface area contributed by atoms with Crippen LogP contribution in [0.5, 0.6) is 0 Å². The number of hydrogen-bond acceptors (Lipinski definition) is 3. The number of fused-ring (bicyclic) bond motifs is 2. The van der Waals surface area contributed by atoms with E-state index in [1.165, 1.54) is 18.4 Å². The molecule has 0 saturated carbocycles. The van der Waals surface area contributed by atoms with Crippen molar-refractivity contribution >= 4 is 16.7 Å². The van der Waals surface area contributed by atoms with Gasteiger partial charge in [0.1, 0.15) is 6.23 Å². The van der Waals surface area contributed by atoms with Gasteiger partial charge in [-0.3, -0.25) is 9.69 Å². The van der Waals surface area contributed by atoms with Gasteiger partial charge in [0.25, 0.3) is 5.91 Å². The Balaban J connectivity index is 1.35. The Hall–Kier alpha value is -2.69. The maximum Gasteiger partial charge on any atom is 0.253 e. The summed E-state index contributed by atoms with van der Waals surface area (Å²) < 4.78 is 6.22. The molecular weight excluding hydrogens is 360 g/mol. The summed E-state index contributed by atoms with van der Waals surface area (Å²) in [4.78, 5) is 15.5. The number of benzene rings is 3. The van der Waals surface area contributed by atoms with E-state index in [9.17, 15) is 4.79 Å². The fourth-order valence-electron chi connectivity index (χ4n) is 4.74. The van der Waals surface area contributed by atoms with Crippen LogP contribution in [0.3, 0.4) is 0 Å². The highest BCUT2D eigenvalue weighted by molar-refractivity contribution is 5.98. The van der Waals surface area contributed by atoms with E-state index in [1.54, 1.807) is 0 Å². The number of nitrogens with one attached hydrogen (secondary N) is 1. The molecule has 0 unspecified atom stereocenters. The summed E-state index contributed by atoms with van der Waals surface area (Å²) in [6.45, 7) is 1.65. The van der Waals surface area contributed by atoms with E-state index in [0.717, 1.165) is 23.7 Å². The van der Waals surface area contributed by atoms with Crippen molar-refractivity contribution in [3.8, 4) is 0 Å². The minimum atomic E-state index is -0.269. The summed E-state index contributed by atoms with van der Waals surface area (Å²) >= 11 is 0. The van der Waals surface area contributed by atoms with Gasteiger partial charge in [-0.25, -0.2) is 0 Å². The van der Waals surface area contributed by atoms with E-state index in [0.29, 0.717) is 12.2 Å². The zero-order chi connectivity index (χ0) is 19.6. The van der Waals surface area contributed by atoms with Gasteiger partial charge in [-0.1, -0.05) is 67.1 Å². The van der Waals surface area contributed by atoms with Crippen LogP contribution in [0.15, 0.2) is 72.8 Å². The van der Waals surface area contributed by atoms with Crippen LogP contribution >= 0.6 is 0 Å². The number of hydrogen-bond donors (Lipinski definition) is 1. The quantitative estimate of drug-likeness (QED) is 0.719. The minimum absolute atomic E-state index is 0.0653. The fourth-order valence-corrected chi connectivity index (χ4v) is 4.74. The number of rotatable bonds is 3. The van der Waals surface area contributed by atoms with Gasteiger partial charge in [0, 0.05) is 5.56 Å². The van der Waals surface area contributed by atoms with E-state index in [4.69, 9.17) is 4.74 Å². The maximum atomic E-state index is 13.0. The summed E-state index contributed by atoms with van der Waals surface area (Å²) in [7, 11) is 0. The molecule has 2 saturated heterocycles. The van der Waals surface area contributed by atoms with E-state index in [-0.39, 0.29) is 24.2 Å². The molecular formula is C25H26N2O2. The molecule has 29 heavy (non-hydrogen) atoms. The molecule has 4 heteroatoms. The van der Waals surface area contributed by atoms with Crippen LogP contribution in [0.2, 0.25) is 0 Å². The highest BCUT2D eigenvalue weighted by atomic mass is 16.5. The van der Waals surface area contributed by atoms with Crippen molar-refractivity contribution in [3.63, 3.8) is 0 Å². The Morgan fingerprint density at radius 1 is 0.931 bits per heavy atom. The van der Waals surface area contributed by atoms with Crippen molar-refractivity contribution in [2.24, 2.45) is 0 Å². The first-order chi connectivity index (χ1) is 14.3. The highest BCUT2D eigenvalue weighted by Crippen LogP contribution is 2.34. The standard InChI is InChI=1S/C25H26N2O2/c28-24(21-14-13-18-8-4-5-11-20(18)16-21)26-25-22-12-6-7-15-27(22)23(17-29-25)19-9-2-1-3-10-19/h1-5,8-11,13-14,16,22-23,25H,6-7,12,15,17H2,(H,26,28)/t22-,23-,25+/m0/s1. The summed E-state index contributed by atoms with van der Waals surface area (Å²) in [6.07, 6.45) is 3.15. The fraction of sp³-hybridized carbons (Fsp3) is 0.320. The lowest BCUT2D eigenvalue weighted by molar-refractivity contribution is -0.125. The molecule has 3 aromatic rings. The third kappa shape index (κ3) is 3.66. The van der Waals surface area contributed by atoms with Crippen LogP contribution in [-0.4, -0.2) is 36.2 Å². The molecule has 1 N–H and O–H groups in total. The molecule has 0 spiro atoms. The lowest BCUT2D eigenvalue weighted by atomic mass is 9.93. The normalized spacial score (nSPS) is 24.8. The average Bonchev–Trinajstić information content (AvgIpc) is 2.79. The Morgan fingerprint density at radius 2 is 1.72 bits per heavy atom. The molecule has 3 atom stereocenters. The molecule has 3 aromatic carbocycles. The minimum Gasteiger partial charge on any atom is -0.355 e. The van der Waals surface area contributed by atoms with Gasteiger partial charge in [-0.15, -0.1) is 0 Å². The molecule has 2 aliphatic rings. The number of carbonyl (C=O) groups is 1. The van der Waals surface area contributed by atoms with Crippen LogP contribution in [-0.2, 0) is 4.74 Å². The van der Waals surface area contributed by atoms with Crippen molar-refractivity contribution in [2.45, 2.75) is 37.6 Å². The first-order valence-corrected chi connectivity index (χ1v) is 10.5. The number of morpholine rings is 1. The molecule has 5 rings (SSSR count). The van der Waals surface area contributed by atoms with E-state index in [2.05, 4.69) is 40.5 Å². The lowest BCUT2D eigenvalue weighted by Crippen LogP contribution is -2.60.